The Kier molecular flexibility index (Phi) is 3.66. The van der Waals surface area contributed by atoms with E-state index < -0.39 is 9.85 Å². The summed E-state index contributed by atoms with van der Waals surface area (Å²) < 4.78 is -0.256. The number of nitro groups is 2. The van der Waals surface area contributed by atoms with Gasteiger partial charge < -0.3 is 0 Å². The van der Waals surface area contributed by atoms with Gasteiger partial charge in [0, 0.05) is 4.75 Å². The van der Waals surface area contributed by atoms with E-state index in [1.807, 2.05) is 20.8 Å². The van der Waals surface area contributed by atoms with Gasteiger partial charge in [-0.2, -0.15) is 0 Å². The maximum atomic E-state index is 10.8. The number of hydrogen-bond acceptors (Lipinski definition) is 6. The highest BCUT2D eigenvalue weighted by Gasteiger charge is 2.25. The third-order valence-corrected chi connectivity index (χ3v) is 2.75. The van der Waals surface area contributed by atoms with Crippen LogP contribution in [-0.4, -0.2) is 19.6 Å². The van der Waals surface area contributed by atoms with Gasteiger partial charge in [0.15, 0.2) is 5.03 Å². The first-order chi connectivity index (χ1) is 7.70. The third-order valence-electron chi connectivity index (χ3n) is 1.63. The quantitative estimate of drug-likeness (QED) is 0.469. The molecule has 17 heavy (non-hydrogen) atoms. The molecule has 0 saturated heterocycles. The second-order valence-electron chi connectivity index (χ2n) is 4.25. The molecule has 0 amide bonds. The first-order valence-electron chi connectivity index (χ1n) is 4.68. The molecule has 0 bridgehead atoms. The predicted octanol–water partition coefficient (Wildman–Crippen LogP) is 2.79. The number of rotatable bonds is 3. The van der Waals surface area contributed by atoms with E-state index in [1.54, 1.807) is 0 Å². The average Bonchev–Trinajstić information content (AvgIpc) is 2.14. The van der Waals surface area contributed by atoms with Crippen LogP contribution in [0.5, 0.6) is 0 Å². The lowest BCUT2D eigenvalue weighted by Crippen LogP contribution is -2.08. The van der Waals surface area contributed by atoms with Gasteiger partial charge in [-0.15, -0.1) is 0 Å². The highest BCUT2D eigenvalue weighted by atomic mass is 32.2. The Bertz CT molecular complexity index is 470. The van der Waals surface area contributed by atoms with Gasteiger partial charge in [0.1, 0.15) is 6.20 Å². The van der Waals surface area contributed by atoms with Crippen molar-refractivity contribution in [1.29, 1.82) is 0 Å². The molecular formula is C9H11N3O4S. The van der Waals surface area contributed by atoms with Gasteiger partial charge in [0.2, 0.25) is 0 Å². The van der Waals surface area contributed by atoms with Crippen LogP contribution in [0.25, 0.3) is 0 Å². The van der Waals surface area contributed by atoms with Crippen LogP contribution in [0.3, 0.4) is 0 Å². The largest absolute Gasteiger partial charge is 0.308 e. The van der Waals surface area contributed by atoms with E-state index in [2.05, 4.69) is 4.98 Å². The highest BCUT2D eigenvalue weighted by Crippen LogP contribution is 2.37. The molecule has 8 heteroatoms. The maximum Gasteiger partial charge on any atom is 0.308 e. The standard InChI is InChI=1S/C9H11N3O4S/c1-9(2,3)17-8-7(12(15)16)4-6(5-10-8)11(13)14/h4-5H,1-3H3. The number of thioether (sulfide) groups is 1. The Balaban J connectivity index is 3.23. The fraction of sp³-hybridized carbons (Fsp3) is 0.444. The van der Waals surface area contributed by atoms with Gasteiger partial charge in [0.05, 0.1) is 15.9 Å². The molecule has 92 valence electrons. The SMILES string of the molecule is CC(C)(C)Sc1ncc([N+](=O)[O-])cc1[N+](=O)[O-]. The smallest absolute Gasteiger partial charge is 0.258 e. The zero-order chi connectivity index (χ0) is 13.2. The van der Waals surface area contributed by atoms with Crippen LogP contribution in [-0.2, 0) is 0 Å². The van der Waals surface area contributed by atoms with Crippen molar-refractivity contribution in [3.63, 3.8) is 0 Å². The topological polar surface area (TPSA) is 99.2 Å². The third kappa shape index (κ3) is 3.66. The molecule has 7 nitrogen and oxygen atoms in total. The lowest BCUT2D eigenvalue weighted by molar-refractivity contribution is -0.396. The van der Waals surface area contributed by atoms with Crippen molar-refractivity contribution in [2.24, 2.45) is 0 Å². The molecule has 0 saturated carbocycles. The molecule has 0 spiro atoms. The minimum Gasteiger partial charge on any atom is -0.258 e. The van der Waals surface area contributed by atoms with E-state index in [9.17, 15) is 20.2 Å². The van der Waals surface area contributed by atoms with Crippen molar-refractivity contribution in [2.45, 2.75) is 30.5 Å². The zero-order valence-electron chi connectivity index (χ0n) is 9.54. The van der Waals surface area contributed by atoms with Gasteiger partial charge in [-0.25, -0.2) is 4.98 Å². The molecule has 1 aromatic heterocycles. The molecule has 0 aliphatic heterocycles. The number of pyridine rings is 1. The molecule has 0 atom stereocenters. The summed E-state index contributed by atoms with van der Waals surface area (Å²) in [7, 11) is 0. The van der Waals surface area contributed by atoms with E-state index >= 15 is 0 Å². The molecule has 0 aliphatic rings. The molecular weight excluding hydrogens is 246 g/mol. The van der Waals surface area contributed by atoms with Crippen molar-refractivity contribution in [3.05, 3.63) is 32.5 Å². The Morgan fingerprint density at radius 1 is 1.24 bits per heavy atom. The molecule has 0 fully saturated rings. The Hall–Kier alpha value is -1.70. The van der Waals surface area contributed by atoms with E-state index in [1.165, 1.54) is 11.8 Å². The monoisotopic (exact) mass is 257 g/mol. The molecule has 0 aliphatic carbocycles. The molecule has 0 N–H and O–H groups in total. The van der Waals surface area contributed by atoms with Crippen LogP contribution in [0.2, 0.25) is 0 Å². The summed E-state index contributed by atoms with van der Waals surface area (Å²) in [5.41, 5.74) is -0.714. The molecule has 0 radical (unpaired) electrons. The molecule has 0 unspecified atom stereocenters. The average molecular weight is 257 g/mol. The van der Waals surface area contributed by atoms with E-state index in [0.717, 1.165) is 12.3 Å². The van der Waals surface area contributed by atoms with Crippen molar-refractivity contribution < 1.29 is 9.85 Å². The Morgan fingerprint density at radius 2 is 1.82 bits per heavy atom. The summed E-state index contributed by atoms with van der Waals surface area (Å²) in [4.78, 5) is 23.7. The summed E-state index contributed by atoms with van der Waals surface area (Å²) in [5.74, 6) is 0. The van der Waals surface area contributed by atoms with Crippen LogP contribution < -0.4 is 0 Å². The summed E-state index contributed by atoms with van der Waals surface area (Å²) >= 11 is 1.20. The second kappa shape index (κ2) is 4.66. The molecule has 1 rings (SSSR count). The number of hydrogen-bond donors (Lipinski definition) is 0. The minimum atomic E-state index is -0.703. The second-order valence-corrected chi connectivity index (χ2v) is 6.06. The summed E-state index contributed by atoms with van der Waals surface area (Å²) in [6, 6.07) is 0.932. The molecule has 0 aromatic carbocycles. The normalized spacial score (nSPS) is 11.2. The number of aromatic nitrogens is 1. The lowest BCUT2D eigenvalue weighted by Gasteiger charge is -2.16. The van der Waals surface area contributed by atoms with Gasteiger partial charge in [-0.1, -0.05) is 32.5 Å². The van der Waals surface area contributed by atoms with Crippen LogP contribution in [0.15, 0.2) is 17.3 Å². The Morgan fingerprint density at radius 3 is 2.24 bits per heavy atom. The maximum absolute atomic E-state index is 10.8. The zero-order valence-corrected chi connectivity index (χ0v) is 10.4. The van der Waals surface area contributed by atoms with E-state index in [-0.39, 0.29) is 21.1 Å². The van der Waals surface area contributed by atoms with Crippen LogP contribution >= 0.6 is 11.8 Å². The minimum absolute atomic E-state index is 0.188. The van der Waals surface area contributed by atoms with Crippen LogP contribution in [0.1, 0.15) is 20.8 Å². The number of nitrogens with zero attached hydrogens (tertiary/aromatic N) is 3. The summed E-state index contributed by atoms with van der Waals surface area (Å²) in [6.07, 6.45) is 1.03. The fourth-order valence-electron chi connectivity index (χ4n) is 1.03. The van der Waals surface area contributed by atoms with Crippen molar-refractivity contribution in [3.8, 4) is 0 Å². The van der Waals surface area contributed by atoms with E-state index in [0.29, 0.717) is 0 Å². The van der Waals surface area contributed by atoms with Crippen molar-refractivity contribution >= 4 is 23.1 Å². The highest BCUT2D eigenvalue weighted by molar-refractivity contribution is 8.00. The first kappa shape index (κ1) is 13.4. The predicted molar refractivity (Wildman–Crippen MR) is 63.2 cm³/mol. The van der Waals surface area contributed by atoms with Gasteiger partial charge >= 0.3 is 5.69 Å². The van der Waals surface area contributed by atoms with Crippen LogP contribution in [0, 0.1) is 20.2 Å². The van der Waals surface area contributed by atoms with Gasteiger partial charge in [-0.3, -0.25) is 20.2 Å². The van der Waals surface area contributed by atoms with Gasteiger partial charge in [0.25, 0.3) is 5.69 Å². The summed E-state index contributed by atoms with van der Waals surface area (Å²) in [6.45, 7) is 5.64. The fourth-order valence-corrected chi connectivity index (χ4v) is 1.95. The Labute approximate surface area is 102 Å². The molecule has 1 heterocycles. The molecule has 1 aromatic rings. The van der Waals surface area contributed by atoms with Crippen LogP contribution in [0.4, 0.5) is 11.4 Å². The van der Waals surface area contributed by atoms with Crippen molar-refractivity contribution in [1.82, 2.24) is 4.98 Å². The van der Waals surface area contributed by atoms with E-state index in [4.69, 9.17) is 0 Å². The first-order valence-corrected chi connectivity index (χ1v) is 5.50. The summed E-state index contributed by atoms with van der Waals surface area (Å²) in [5, 5.41) is 21.5. The van der Waals surface area contributed by atoms with Gasteiger partial charge in [-0.05, 0) is 0 Å². The lowest BCUT2D eigenvalue weighted by atomic mass is 10.3. The van der Waals surface area contributed by atoms with Crippen molar-refractivity contribution in [2.75, 3.05) is 0 Å².